The standard InChI is InChI=1S/C14H13BrFNO3S/c1-20-13-4-2-10(15)6-9(13)8-21(18,19)14-5-3-11(17)7-12(14)16/h2-7H,8,17H2,1H3. The second kappa shape index (κ2) is 6.03. The molecule has 21 heavy (non-hydrogen) atoms. The first-order chi connectivity index (χ1) is 9.83. The third-order valence-corrected chi connectivity index (χ3v) is 5.06. The minimum atomic E-state index is -3.84. The molecule has 2 rings (SSSR count). The molecule has 2 aromatic rings. The highest BCUT2D eigenvalue weighted by Gasteiger charge is 2.22. The Labute approximate surface area is 130 Å². The molecule has 0 saturated carbocycles. The summed E-state index contributed by atoms with van der Waals surface area (Å²) in [6.45, 7) is 0. The fourth-order valence-corrected chi connectivity index (χ4v) is 3.74. The van der Waals surface area contributed by atoms with E-state index in [0.29, 0.717) is 15.8 Å². The fourth-order valence-electron chi connectivity index (χ4n) is 1.91. The second-order valence-corrected chi connectivity index (χ2v) is 7.28. The zero-order chi connectivity index (χ0) is 15.6. The van der Waals surface area contributed by atoms with Gasteiger partial charge in [0.25, 0.3) is 0 Å². The SMILES string of the molecule is COc1ccc(Br)cc1CS(=O)(=O)c1ccc(N)cc1F. The average molecular weight is 374 g/mol. The number of sulfone groups is 1. The minimum absolute atomic E-state index is 0.173. The molecule has 0 bridgehead atoms. The highest BCUT2D eigenvalue weighted by Crippen LogP contribution is 2.28. The third-order valence-electron chi connectivity index (χ3n) is 2.88. The van der Waals surface area contributed by atoms with Crippen molar-refractivity contribution in [2.24, 2.45) is 0 Å². The van der Waals surface area contributed by atoms with Gasteiger partial charge in [0.2, 0.25) is 0 Å². The Balaban J connectivity index is 2.44. The lowest BCUT2D eigenvalue weighted by Crippen LogP contribution is -2.08. The lowest BCUT2D eigenvalue weighted by atomic mass is 10.2. The number of ether oxygens (including phenoxy) is 1. The van der Waals surface area contributed by atoms with Crippen molar-refractivity contribution in [2.45, 2.75) is 10.6 Å². The average Bonchev–Trinajstić information content (AvgIpc) is 2.37. The van der Waals surface area contributed by atoms with Gasteiger partial charge in [0.05, 0.1) is 12.9 Å². The molecule has 0 unspecified atom stereocenters. The largest absolute Gasteiger partial charge is 0.496 e. The quantitative estimate of drug-likeness (QED) is 0.835. The van der Waals surface area contributed by atoms with Crippen LogP contribution in [0.3, 0.4) is 0 Å². The lowest BCUT2D eigenvalue weighted by Gasteiger charge is -2.10. The smallest absolute Gasteiger partial charge is 0.185 e. The van der Waals surface area contributed by atoms with Gasteiger partial charge in [0, 0.05) is 15.7 Å². The number of halogens is 2. The van der Waals surface area contributed by atoms with Crippen molar-refractivity contribution < 1.29 is 17.5 Å². The molecule has 0 heterocycles. The van der Waals surface area contributed by atoms with E-state index < -0.39 is 15.7 Å². The highest BCUT2D eigenvalue weighted by molar-refractivity contribution is 9.10. The maximum Gasteiger partial charge on any atom is 0.185 e. The fraction of sp³-hybridized carbons (Fsp3) is 0.143. The van der Waals surface area contributed by atoms with E-state index in [9.17, 15) is 12.8 Å². The number of nitrogen functional groups attached to an aromatic ring is 1. The molecule has 0 aliphatic heterocycles. The van der Waals surface area contributed by atoms with Gasteiger partial charge in [-0.05, 0) is 36.4 Å². The summed E-state index contributed by atoms with van der Waals surface area (Å²) in [6, 6.07) is 8.53. The molecular weight excluding hydrogens is 361 g/mol. The van der Waals surface area contributed by atoms with Crippen molar-refractivity contribution in [3.8, 4) is 5.75 Å². The Morgan fingerprint density at radius 3 is 2.57 bits per heavy atom. The number of hydrogen-bond donors (Lipinski definition) is 1. The van der Waals surface area contributed by atoms with Crippen molar-refractivity contribution in [3.63, 3.8) is 0 Å². The lowest BCUT2D eigenvalue weighted by molar-refractivity contribution is 0.411. The van der Waals surface area contributed by atoms with Crippen LogP contribution in [0.2, 0.25) is 0 Å². The van der Waals surface area contributed by atoms with E-state index in [4.69, 9.17) is 10.5 Å². The van der Waals surface area contributed by atoms with Crippen LogP contribution in [-0.4, -0.2) is 15.5 Å². The van der Waals surface area contributed by atoms with Gasteiger partial charge in [-0.25, -0.2) is 12.8 Å². The maximum absolute atomic E-state index is 13.8. The number of anilines is 1. The van der Waals surface area contributed by atoms with Gasteiger partial charge in [-0.3, -0.25) is 0 Å². The van der Waals surface area contributed by atoms with Crippen LogP contribution in [0.15, 0.2) is 45.8 Å². The van der Waals surface area contributed by atoms with E-state index in [-0.39, 0.29) is 16.3 Å². The van der Waals surface area contributed by atoms with Crippen LogP contribution in [-0.2, 0) is 15.6 Å². The molecule has 2 N–H and O–H groups in total. The highest BCUT2D eigenvalue weighted by atomic mass is 79.9. The Morgan fingerprint density at radius 1 is 1.24 bits per heavy atom. The molecule has 7 heteroatoms. The topological polar surface area (TPSA) is 69.4 Å². The summed E-state index contributed by atoms with van der Waals surface area (Å²) < 4.78 is 44.4. The molecule has 0 amide bonds. The Morgan fingerprint density at radius 2 is 1.95 bits per heavy atom. The third kappa shape index (κ3) is 3.54. The molecule has 0 atom stereocenters. The zero-order valence-corrected chi connectivity index (χ0v) is 13.5. The van der Waals surface area contributed by atoms with Crippen LogP contribution in [0.1, 0.15) is 5.56 Å². The number of nitrogens with two attached hydrogens (primary N) is 1. The molecule has 0 spiro atoms. The Hall–Kier alpha value is -1.60. The van der Waals surface area contributed by atoms with Gasteiger partial charge < -0.3 is 10.5 Å². The molecule has 0 aliphatic carbocycles. The summed E-state index contributed by atoms with van der Waals surface area (Å²) in [6.07, 6.45) is 0. The minimum Gasteiger partial charge on any atom is -0.496 e. The van der Waals surface area contributed by atoms with Gasteiger partial charge in [0.15, 0.2) is 9.84 Å². The normalized spacial score (nSPS) is 11.4. The predicted molar refractivity (Wildman–Crippen MR) is 82.4 cm³/mol. The molecule has 2 aromatic carbocycles. The molecular formula is C14H13BrFNO3S. The molecule has 112 valence electrons. The number of methoxy groups -OCH3 is 1. The summed E-state index contributed by atoms with van der Waals surface area (Å²) in [5.41, 5.74) is 6.05. The van der Waals surface area contributed by atoms with E-state index in [1.165, 1.54) is 19.2 Å². The second-order valence-electron chi connectivity index (χ2n) is 4.41. The first kappa shape index (κ1) is 15.8. The summed E-state index contributed by atoms with van der Waals surface area (Å²) in [4.78, 5) is -0.376. The predicted octanol–water partition coefficient (Wildman–Crippen LogP) is 3.15. The molecule has 0 fully saturated rings. The van der Waals surface area contributed by atoms with Crippen LogP contribution in [0.4, 0.5) is 10.1 Å². The summed E-state index contributed by atoms with van der Waals surface area (Å²) in [5, 5.41) is 0. The van der Waals surface area contributed by atoms with E-state index in [1.54, 1.807) is 18.2 Å². The van der Waals surface area contributed by atoms with Gasteiger partial charge in [-0.1, -0.05) is 15.9 Å². The van der Waals surface area contributed by atoms with Crippen molar-refractivity contribution >= 4 is 31.5 Å². The summed E-state index contributed by atoms with van der Waals surface area (Å²) >= 11 is 3.27. The van der Waals surface area contributed by atoms with Gasteiger partial charge in [-0.15, -0.1) is 0 Å². The van der Waals surface area contributed by atoms with E-state index >= 15 is 0 Å². The van der Waals surface area contributed by atoms with Crippen molar-refractivity contribution in [1.82, 2.24) is 0 Å². The van der Waals surface area contributed by atoms with E-state index in [2.05, 4.69) is 15.9 Å². The number of benzene rings is 2. The van der Waals surface area contributed by atoms with E-state index in [0.717, 1.165) is 6.07 Å². The van der Waals surface area contributed by atoms with Crippen LogP contribution in [0.5, 0.6) is 5.75 Å². The summed E-state index contributed by atoms with van der Waals surface area (Å²) in [5.74, 6) is -0.794. The first-order valence-corrected chi connectivity index (χ1v) is 8.38. The molecule has 0 radical (unpaired) electrons. The zero-order valence-electron chi connectivity index (χ0n) is 11.1. The number of rotatable bonds is 4. The molecule has 0 saturated heterocycles. The number of hydrogen-bond acceptors (Lipinski definition) is 4. The molecule has 0 aromatic heterocycles. The van der Waals surface area contributed by atoms with Crippen LogP contribution >= 0.6 is 15.9 Å². The van der Waals surface area contributed by atoms with E-state index in [1.807, 2.05) is 0 Å². The van der Waals surface area contributed by atoms with Crippen LogP contribution < -0.4 is 10.5 Å². The van der Waals surface area contributed by atoms with Crippen molar-refractivity contribution in [3.05, 3.63) is 52.3 Å². The van der Waals surface area contributed by atoms with Gasteiger partial charge >= 0.3 is 0 Å². The first-order valence-electron chi connectivity index (χ1n) is 5.93. The Bertz CT molecular complexity index is 778. The maximum atomic E-state index is 13.8. The van der Waals surface area contributed by atoms with Crippen molar-refractivity contribution in [1.29, 1.82) is 0 Å². The van der Waals surface area contributed by atoms with Crippen molar-refractivity contribution in [2.75, 3.05) is 12.8 Å². The summed E-state index contributed by atoms with van der Waals surface area (Å²) in [7, 11) is -2.39. The molecule has 0 aliphatic rings. The van der Waals surface area contributed by atoms with Crippen LogP contribution in [0.25, 0.3) is 0 Å². The monoisotopic (exact) mass is 373 g/mol. The molecule has 4 nitrogen and oxygen atoms in total. The van der Waals surface area contributed by atoms with Gasteiger partial charge in [-0.2, -0.15) is 0 Å². The van der Waals surface area contributed by atoms with Gasteiger partial charge in [0.1, 0.15) is 16.5 Å². The van der Waals surface area contributed by atoms with Crippen LogP contribution in [0, 0.1) is 5.82 Å². The Kier molecular flexibility index (Phi) is 4.53.